The van der Waals surface area contributed by atoms with Crippen LogP contribution in [0.5, 0.6) is 0 Å². The highest BCUT2D eigenvalue weighted by Gasteiger charge is 2.56. The minimum atomic E-state index is -0.873. The number of aliphatic carboxylic acids is 2. The van der Waals surface area contributed by atoms with Gasteiger partial charge in [0.05, 0.1) is 29.8 Å². The Balaban J connectivity index is 1.54. The van der Waals surface area contributed by atoms with Crippen molar-refractivity contribution < 1.29 is 29.3 Å². The summed E-state index contributed by atoms with van der Waals surface area (Å²) in [7, 11) is 0. The molecule has 4 aliphatic rings. The topological polar surface area (TPSA) is 99.7 Å². The van der Waals surface area contributed by atoms with Crippen LogP contribution >= 0.6 is 0 Å². The second-order valence-electron chi connectivity index (χ2n) is 10.7. The minimum absolute atomic E-state index is 0.0318. The predicted molar refractivity (Wildman–Crippen MR) is 102 cm³/mol. The molecule has 2 aliphatic carbocycles. The smallest absolute Gasteiger partial charge is 0.309 e. The van der Waals surface area contributed by atoms with Crippen LogP contribution in [0.4, 0.5) is 0 Å². The average molecular weight is 395 g/mol. The standard InChI is InChI=1S/C22H34O6/c1-20(8-5-14-16(10-20)27-14)12-22(19(25)26,7-3-4-18(23)24)13-21(2)9-6-15-17(11-21)28-15/h14-17H,3-13H2,1-2H3,(H,23,24)(H,25,26). The molecule has 2 aliphatic heterocycles. The van der Waals surface area contributed by atoms with Crippen molar-refractivity contribution in [3.05, 3.63) is 0 Å². The Morgan fingerprint density at radius 1 is 0.929 bits per heavy atom. The number of hydrogen-bond donors (Lipinski definition) is 2. The van der Waals surface area contributed by atoms with Crippen molar-refractivity contribution in [1.82, 2.24) is 0 Å². The van der Waals surface area contributed by atoms with E-state index in [1.54, 1.807) is 0 Å². The quantitative estimate of drug-likeness (QED) is 0.573. The van der Waals surface area contributed by atoms with Crippen LogP contribution in [0.25, 0.3) is 0 Å². The van der Waals surface area contributed by atoms with E-state index in [0.717, 1.165) is 38.5 Å². The molecule has 0 amide bonds. The van der Waals surface area contributed by atoms with Crippen LogP contribution in [0, 0.1) is 16.2 Å². The molecule has 0 aromatic heterocycles. The van der Waals surface area contributed by atoms with Crippen LogP contribution in [0.1, 0.15) is 84.5 Å². The van der Waals surface area contributed by atoms with E-state index in [9.17, 15) is 14.7 Å². The van der Waals surface area contributed by atoms with Crippen LogP contribution in [0.15, 0.2) is 0 Å². The maximum Gasteiger partial charge on any atom is 0.309 e. The highest BCUT2D eigenvalue weighted by atomic mass is 16.6. The monoisotopic (exact) mass is 394 g/mol. The Hall–Kier alpha value is -1.14. The molecule has 2 N–H and O–H groups in total. The van der Waals surface area contributed by atoms with Gasteiger partial charge < -0.3 is 19.7 Å². The summed E-state index contributed by atoms with van der Waals surface area (Å²) in [5.74, 6) is -1.60. The van der Waals surface area contributed by atoms with Crippen LogP contribution < -0.4 is 0 Å². The lowest BCUT2D eigenvalue weighted by Crippen LogP contribution is -2.43. The third-order valence-corrected chi connectivity index (χ3v) is 7.86. The number of carboxylic acids is 2. The third-order valence-electron chi connectivity index (χ3n) is 7.86. The lowest BCUT2D eigenvalue weighted by atomic mass is 9.57. The summed E-state index contributed by atoms with van der Waals surface area (Å²) in [6, 6.07) is 0. The van der Waals surface area contributed by atoms with Gasteiger partial charge in [0.15, 0.2) is 0 Å². The summed E-state index contributed by atoms with van der Waals surface area (Å²) in [5, 5.41) is 19.5. The molecule has 28 heavy (non-hydrogen) atoms. The van der Waals surface area contributed by atoms with E-state index in [4.69, 9.17) is 14.6 Å². The van der Waals surface area contributed by atoms with E-state index >= 15 is 0 Å². The molecule has 2 saturated heterocycles. The summed E-state index contributed by atoms with van der Waals surface area (Å²) in [4.78, 5) is 23.8. The maximum absolute atomic E-state index is 12.7. The van der Waals surface area contributed by atoms with E-state index in [2.05, 4.69) is 13.8 Å². The van der Waals surface area contributed by atoms with E-state index < -0.39 is 17.4 Å². The number of epoxide rings is 2. The Labute approximate surface area is 167 Å². The van der Waals surface area contributed by atoms with Crippen molar-refractivity contribution in [3.63, 3.8) is 0 Å². The zero-order valence-corrected chi connectivity index (χ0v) is 17.1. The normalized spacial score (nSPS) is 43.4. The Morgan fingerprint density at radius 3 is 1.82 bits per heavy atom. The van der Waals surface area contributed by atoms with Gasteiger partial charge in [0.2, 0.25) is 0 Å². The molecule has 0 spiro atoms. The van der Waals surface area contributed by atoms with E-state index in [-0.39, 0.29) is 17.3 Å². The molecule has 6 atom stereocenters. The summed E-state index contributed by atoms with van der Waals surface area (Å²) < 4.78 is 11.4. The minimum Gasteiger partial charge on any atom is -0.481 e. The average Bonchev–Trinajstić information content (AvgIpc) is 3.48. The number of carboxylic acid groups (broad SMARTS) is 2. The fourth-order valence-electron chi connectivity index (χ4n) is 6.41. The zero-order valence-electron chi connectivity index (χ0n) is 17.1. The summed E-state index contributed by atoms with van der Waals surface area (Å²) in [6.07, 6.45) is 9.36. The molecule has 4 fully saturated rings. The van der Waals surface area contributed by atoms with E-state index in [0.29, 0.717) is 50.1 Å². The van der Waals surface area contributed by atoms with Gasteiger partial charge in [-0.1, -0.05) is 13.8 Å². The van der Waals surface area contributed by atoms with Gasteiger partial charge in [0.1, 0.15) is 0 Å². The number of ether oxygens (including phenoxy) is 2. The summed E-state index contributed by atoms with van der Waals surface area (Å²) >= 11 is 0. The fourth-order valence-corrected chi connectivity index (χ4v) is 6.41. The van der Waals surface area contributed by atoms with Crippen LogP contribution in [-0.4, -0.2) is 46.6 Å². The molecule has 0 aromatic rings. The second kappa shape index (κ2) is 6.98. The first-order valence-electron chi connectivity index (χ1n) is 10.9. The zero-order chi connectivity index (χ0) is 20.2. The van der Waals surface area contributed by atoms with Gasteiger partial charge >= 0.3 is 11.9 Å². The molecule has 0 bridgehead atoms. The summed E-state index contributed by atoms with van der Waals surface area (Å²) in [5.41, 5.74) is -0.978. The Kier molecular flexibility index (Phi) is 5.02. The first-order chi connectivity index (χ1) is 13.1. The maximum atomic E-state index is 12.7. The third kappa shape index (κ3) is 4.23. The van der Waals surface area contributed by atoms with E-state index in [1.807, 2.05) is 0 Å². The highest BCUT2D eigenvalue weighted by molar-refractivity contribution is 5.75. The number of rotatable bonds is 9. The second-order valence-corrected chi connectivity index (χ2v) is 10.7. The number of hydrogen-bond acceptors (Lipinski definition) is 4. The molecule has 6 unspecified atom stereocenters. The van der Waals surface area contributed by atoms with Crippen molar-refractivity contribution in [1.29, 1.82) is 0 Å². The first-order valence-corrected chi connectivity index (χ1v) is 10.9. The molecule has 2 saturated carbocycles. The largest absolute Gasteiger partial charge is 0.481 e. The molecular weight excluding hydrogens is 360 g/mol. The van der Waals surface area contributed by atoms with Crippen LogP contribution in [0.3, 0.4) is 0 Å². The fraction of sp³-hybridized carbons (Fsp3) is 0.909. The molecule has 6 nitrogen and oxygen atoms in total. The molecule has 2 heterocycles. The van der Waals surface area contributed by atoms with Gasteiger partial charge in [-0.25, -0.2) is 0 Å². The molecule has 0 radical (unpaired) electrons. The lowest BCUT2D eigenvalue weighted by Gasteiger charge is -2.45. The first kappa shape index (κ1) is 20.1. The van der Waals surface area contributed by atoms with Crippen molar-refractivity contribution in [2.45, 2.75) is 109 Å². The molecular formula is C22H34O6. The van der Waals surface area contributed by atoms with Gasteiger partial charge in [-0.3, -0.25) is 9.59 Å². The molecule has 0 aromatic carbocycles. The van der Waals surface area contributed by atoms with Gasteiger partial charge in [-0.15, -0.1) is 0 Å². The SMILES string of the molecule is CC1(CC(CCCC(=O)O)(CC2(C)CCC3OC3C2)C(=O)O)CCC2OC2C1. The Bertz CT molecular complexity index is 611. The number of carbonyl (C=O) groups is 2. The van der Waals surface area contributed by atoms with Crippen molar-refractivity contribution >= 4 is 11.9 Å². The van der Waals surface area contributed by atoms with Gasteiger partial charge in [0, 0.05) is 6.42 Å². The summed E-state index contributed by atoms with van der Waals surface area (Å²) in [6.45, 7) is 4.42. The van der Waals surface area contributed by atoms with Crippen LogP contribution in [0.2, 0.25) is 0 Å². The van der Waals surface area contributed by atoms with Gasteiger partial charge in [-0.05, 0) is 75.0 Å². The molecule has 158 valence electrons. The number of fused-ring (bicyclic) bond motifs is 2. The van der Waals surface area contributed by atoms with Crippen LogP contribution in [-0.2, 0) is 19.1 Å². The van der Waals surface area contributed by atoms with Crippen molar-refractivity contribution in [2.24, 2.45) is 16.2 Å². The van der Waals surface area contributed by atoms with Crippen molar-refractivity contribution in [2.75, 3.05) is 0 Å². The van der Waals surface area contributed by atoms with E-state index in [1.165, 1.54) is 0 Å². The van der Waals surface area contributed by atoms with Crippen molar-refractivity contribution in [3.8, 4) is 0 Å². The predicted octanol–water partition coefficient (Wildman–Crippen LogP) is 4.01. The van der Waals surface area contributed by atoms with Gasteiger partial charge in [-0.2, -0.15) is 0 Å². The Morgan fingerprint density at radius 2 is 1.43 bits per heavy atom. The van der Waals surface area contributed by atoms with Gasteiger partial charge in [0.25, 0.3) is 0 Å². The molecule has 6 heteroatoms. The highest BCUT2D eigenvalue weighted by Crippen LogP contribution is 2.57. The lowest BCUT2D eigenvalue weighted by molar-refractivity contribution is -0.156. The molecule has 4 rings (SSSR count).